The number of carbonyl (C=O) groups excluding carboxylic acids is 1. The molecule has 0 bridgehead atoms. The lowest BCUT2D eigenvalue weighted by molar-refractivity contribution is -0.165. The van der Waals surface area contributed by atoms with Gasteiger partial charge in [0, 0.05) is 0 Å². The Labute approximate surface area is 113 Å². The van der Waals surface area contributed by atoms with Crippen molar-refractivity contribution in [3.8, 4) is 0 Å². The van der Waals surface area contributed by atoms with E-state index in [1.807, 2.05) is 20.8 Å². The maximum Gasteiger partial charge on any atom is 0.326 e. The number of carboxylic acids is 1. The molecule has 19 heavy (non-hydrogen) atoms. The zero-order valence-corrected chi connectivity index (χ0v) is 11.9. The van der Waals surface area contributed by atoms with Gasteiger partial charge in [-0.05, 0) is 33.6 Å². The van der Waals surface area contributed by atoms with E-state index in [1.54, 1.807) is 0 Å². The molecule has 1 fully saturated rings. The van der Waals surface area contributed by atoms with Crippen molar-refractivity contribution in [1.82, 2.24) is 5.32 Å². The Morgan fingerprint density at radius 3 is 2.16 bits per heavy atom. The predicted molar refractivity (Wildman–Crippen MR) is 70.9 cm³/mol. The van der Waals surface area contributed by atoms with Crippen molar-refractivity contribution in [1.29, 1.82) is 0 Å². The van der Waals surface area contributed by atoms with E-state index in [0.29, 0.717) is 12.8 Å². The Balaban J connectivity index is 0.00000324. The highest BCUT2D eigenvalue weighted by atomic mass is 16.6. The summed E-state index contributed by atoms with van der Waals surface area (Å²) in [5, 5.41) is 11.6. The first-order valence-electron chi connectivity index (χ1n) is 6.45. The summed E-state index contributed by atoms with van der Waals surface area (Å²) in [5.41, 5.74) is -1.36. The molecule has 112 valence electrons. The fraction of sp³-hybridized carbons (Fsp3) is 0.846. The first-order valence-corrected chi connectivity index (χ1v) is 6.45. The standard InChI is InChI=1S/C13H23NO4.H2O/c1-12(2,3)18-11(17)13(14-9-10(15)16)7-5-4-6-8-13;/h14H,4-9H2,1-3H3,(H,15,16);1H2. The number of nitrogens with one attached hydrogen (secondary N) is 1. The van der Waals surface area contributed by atoms with Crippen LogP contribution in [0.2, 0.25) is 0 Å². The number of ether oxygens (including phenoxy) is 1. The highest BCUT2D eigenvalue weighted by molar-refractivity contribution is 5.82. The van der Waals surface area contributed by atoms with Crippen LogP contribution in [0.15, 0.2) is 0 Å². The molecule has 0 unspecified atom stereocenters. The molecule has 0 atom stereocenters. The van der Waals surface area contributed by atoms with E-state index in [0.717, 1.165) is 19.3 Å². The van der Waals surface area contributed by atoms with Gasteiger partial charge in [0.15, 0.2) is 0 Å². The third kappa shape index (κ3) is 5.57. The molecule has 4 N–H and O–H groups in total. The van der Waals surface area contributed by atoms with E-state index >= 15 is 0 Å². The monoisotopic (exact) mass is 275 g/mol. The van der Waals surface area contributed by atoms with Gasteiger partial charge in [-0.3, -0.25) is 14.9 Å². The lowest BCUT2D eigenvalue weighted by atomic mass is 9.81. The van der Waals surface area contributed by atoms with Crippen LogP contribution in [-0.2, 0) is 14.3 Å². The second-order valence-electron chi connectivity index (χ2n) is 5.89. The van der Waals surface area contributed by atoms with E-state index in [-0.39, 0.29) is 18.0 Å². The topological polar surface area (TPSA) is 107 Å². The van der Waals surface area contributed by atoms with Crippen molar-refractivity contribution in [2.24, 2.45) is 0 Å². The van der Waals surface area contributed by atoms with Crippen LogP contribution in [-0.4, -0.2) is 40.2 Å². The minimum atomic E-state index is -0.955. The Morgan fingerprint density at radius 2 is 1.74 bits per heavy atom. The molecule has 1 aliphatic rings. The highest BCUT2D eigenvalue weighted by Gasteiger charge is 2.42. The smallest absolute Gasteiger partial charge is 0.326 e. The van der Waals surface area contributed by atoms with Crippen LogP contribution in [0.5, 0.6) is 0 Å². The molecular weight excluding hydrogens is 250 g/mol. The average Bonchev–Trinajstić information content (AvgIpc) is 2.25. The summed E-state index contributed by atoms with van der Waals surface area (Å²) in [6, 6.07) is 0. The largest absolute Gasteiger partial charge is 0.480 e. The van der Waals surface area contributed by atoms with E-state index in [1.165, 1.54) is 0 Å². The van der Waals surface area contributed by atoms with Gasteiger partial charge < -0.3 is 15.3 Å². The maximum atomic E-state index is 12.3. The highest BCUT2D eigenvalue weighted by Crippen LogP contribution is 2.30. The molecule has 1 rings (SSSR count). The minimum absolute atomic E-state index is 0. The normalized spacial score (nSPS) is 18.3. The zero-order valence-electron chi connectivity index (χ0n) is 11.9. The minimum Gasteiger partial charge on any atom is -0.480 e. The summed E-state index contributed by atoms with van der Waals surface area (Å²) < 4.78 is 5.42. The second-order valence-corrected chi connectivity index (χ2v) is 5.89. The summed E-state index contributed by atoms with van der Waals surface area (Å²) in [6.07, 6.45) is 4.22. The van der Waals surface area contributed by atoms with Crippen molar-refractivity contribution in [3.63, 3.8) is 0 Å². The molecule has 0 spiro atoms. The quantitative estimate of drug-likeness (QED) is 0.741. The Morgan fingerprint density at radius 1 is 1.21 bits per heavy atom. The fourth-order valence-corrected chi connectivity index (χ4v) is 2.23. The van der Waals surface area contributed by atoms with Crippen molar-refractivity contribution in [2.45, 2.75) is 64.0 Å². The summed E-state index contributed by atoms with van der Waals surface area (Å²) in [5.74, 6) is -1.28. The number of aliphatic carboxylic acids is 1. The molecule has 6 heteroatoms. The van der Waals surface area contributed by atoms with Gasteiger partial charge in [0.2, 0.25) is 0 Å². The number of carboxylic acid groups (broad SMARTS) is 1. The molecule has 1 saturated carbocycles. The maximum absolute atomic E-state index is 12.3. The number of rotatable bonds is 4. The van der Waals surface area contributed by atoms with Crippen LogP contribution in [0, 0.1) is 0 Å². The second kappa shape index (κ2) is 6.86. The van der Waals surface area contributed by atoms with Crippen molar-refractivity contribution < 1.29 is 24.9 Å². The lowest BCUT2D eigenvalue weighted by Gasteiger charge is -2.37. The molecule has 0 saturated heterocycles. The molecular formula is C13H25NO5. The SMILES string of the molecule is CC(C)(C)OC(=O)C1(NCC(=O)O)CCCCC1.O. The van der Waals surface area contributed by atoms with Crippen LogP contribution in [0.3, 0.4) is 0 Å². The van der Waals surface area contributed by atoms with Gasteiger partial charge >= 0.3 is 11.9 Å². The van der Waals surface area contributed by atoms with Gasteiger partial charge in [0.05, 0.1) is 6.54 Å². The number of esters is 1. The molecule has 1 aliphatic carbocycles. The van der Waals surface area contributed by atoms with Gasteiger partial charge in [-0.25, -0.2) is 0 Å². The molecule has 0 radical (unpaired) electrons. The summed E-state index contributed by atoms with van der Waals surface area (Å²) in [4.78, 5) is 22.9. The summed E-state index contributed by atoms with van der Waals surface area (Å²) >= 11 is 0. The van der Waals surface area contributed by atoms with Gasteiger partial charge in [0.1, 0.15) is 11.1 Å². The first-order chi connectivity index (χ1) is 8.25. The van der Waals surface area contributed by atoms with Crippen molar-refractivity contribution >= 4 is 11.9 Å². The molecule has 0 heterocycles. The molecule has 6 nitrogen and oxygen atoms in total. The fourth-order valence-electron chi connectivity index (χ4n) is 2.23. The van der Waals surface area contributed by atoms with Crippen LogP contribution < -0.4 is 5.32 Å². The lowest BCUT2D eigenvalue weighted by Crippen LogP contribution is -2.56. The van der Waals surface area contributed by atoms with Gasteiger partial charge in [0.25, 0.3) is 0 Å². The zero-order chi connectivity index (χ0) is 13.8. The summed E-state index contributed by atoms with van der Waals surface area (Å²) in [6.45, 7) is 5.25. The molecule has 0 aliphatic heterocycles. The molecule has 0 aromatic carbocycles. The Bertz CT molecular complexity index is 315. The van der Waals surface area contributed by atoms with E-state index in [9.17, 15) is 9.59 Å². The molecule has 0 amide bonds. The third-order valence-corrected chi connectivity index (χ3v) is 3.07. The third-order valence-electron chi connectivity index (χ3n) is 3.07. The van der Waals surface area contributed by atoms with E-state index in [4.69, 9.17) is 9.84 Å². The van der Waals surface area contributed by atoms with Gasteiger partial charge in [-0.2, -0.15) is 0 Å². The number of carbonyl (C=O) groups is 2. The summed E-state index contributed by atoms with van der Waals surface area (Å²) in [7, 11) is 0. The van der Waals surface area contributed by atoms with Gasteiger partial charge in [-0.15, -0.1) is 0 Å². The van der Waals surface area contributed by atoms with Crippen LogP contribution in [0.4, 0.5) is 0 Å². The predicted octanol–water partition coefficient (Wildman–Crippen LogP) is 0.880. The van der Waals surface area contributed by atoms with Crippen molar-refractivity contribution in [3.05, 3.63) is 0 Å². The van der Waals surface area contributed by atoms with E-state index in [2.05, 4.69) is 5.32 Å². The van der Waals surface area contributed by atoms with Crippen LogP contribution in [0.25, 0.3) is 0 Å². The number of hydrogen-bond donors (Lipinski definition) is 2. The van der Waals surface area contributed by atoms with Crippen LogP contribution >= 0.6 is 0 Å². The molecule has 0 aromatic heterocycles. The average molecular weight is 275 g/mol. The Kier molecular flexibility index (Phi) is 6.45. The van der Waals surface area contributed by atoms with Crippen molar-refractivity contribution in [2.75, 3.05) is 6.54 Å². The number of hydrogen-bond acceptors (Lipinski definition) is 4. The Hall–Kier alpha value is -1.14. The first kappa shape index (κ1) is 17.9. The molecule has 0 aromatic rings. The van der Waals surface area contributed by atoms with Crippen LogP contribution in [0.1, 0.15) is 52.9 Å². The van der Waals surface area contributed by atoms with E-state index < -0.39 is 17.1 Å². The van der Waals surface area contributed by atoms with Gasteiger partial charge in [-0.1, -0.05) is 19.3 Å².